The van der Waals surface area contributed by atoms with E-state index in [1.807, 2.05) is 32.0 Å². The molecule has 0 aliphatic carbocycles. The first-order valence-corrected chi connectivity index (χ1v) is 9.82. The summed E-state index contributed by atoms with van der Waals surface area (Å²) in [6.45, 7) is 4.76. The second-order valence-corrected chi connectivity index (χ2v) is 6.41. The van der Waals surface area contributed by atoms with E-state index in [4.69, 9.17) is 23.7 Å². The topological polar surface area (TPSA) is 92.3 Å². The van der Waals surface area contributed by atoms with Crippen molar-refractivity contribution in [3.8, 4) is 23.0 Å². The summed E-state index contributed by atoms with van der Waals surface area (Å²) < 4.78 is 27.4. The van der Waals surface area contributed by atoms with Crippen molar-refractivity contribution in [2.75, 3.05) is 33.0 Å². The van der Waals surface area contributed by atoms with Crippen LogP contribution in [-0.2, 0) is 9.53 Å². The van der Waals surface area contributed by atoms with Gasteiger partial charge in [-0.1, -0.05) is 12.1 Å². The molecule has 0 fully saturated rings. The van der Waals surface area contributed by atoms with Gasteiger partial charge in [0, 0.05) is 0 Å². The molecule has 0 unspecified atom stereocenters. The molecule has 0 saturated carbocycles. The van der Waals surface area contributed by atoms with Gasteiger partial charge in [0.2, 0.25) is 0 Å². The highest BCUT2D eigenvalue weighted by molar-refractivity contribution is 5.92. The zero-order valence-corrected chi connectivity index (χ0v) is 17.0. The molecule has 0 saturated heterocycles. The number of ether oxygens (including phenoxy) is 5. The van der Waals surface area contributed by atoms with Gasteiger partial charge in [-0.25, -0.2) is 4.79 Å². The molecule has 0 bridgehead atoms. The van der Waals surface area contributed by atoms with Crippen molar-refractivity contribution in [3.05, 3.63) is 48.0 Å². The highest BCUT2D eigenvalue weighted by atomic mass is 16.6. The predicted octanol–water partition coefficient (Wildman–Crippen LogP) is 2.60. The molecule has 30 heavy (non-hydrogen) atoms. The second-order valence-electron chi connectivity index (χ2n) is 6.41. The number of esters is 1. The van der Waals surface area contributed by atoms with Crippen LogP contribution < -0.4 is 24.3 Å². The van der Waals surface area contributed by atoms with Crippen molar-refractivity contribution in [3.63, 3.8) is 0 Å². The van der Waals surface area contributed by atoms with Crippen LogP contribution in [0.2, 0.25) is 0 Å². The van der Waals surface area contributed by atoms with Gasteiger partial charge in [0.05, 0.1) is 25.3 Å². The van der Waals surface area contributed by atoms with Crippen molar-refractivity contribution in [2.45, 2.75) is 20.0 Å². The molecule has 1 heterocycles. The molecule has 8 heteroatoms. The van der Waals surface area contributed by atoms with Gasteiger partial charge in [-0.2, -0.15) is 0 Å². The van der Waals surface area contributed by atoms with E-state index in [0.717, 1.165) is 0 Å². The minimum Gasteiger partial charge on any atom is -0.490 e. The fourth-order valence-electron chi connectivity index (χ4n) is 2.83. The van der Waals surface area contributed by atoms with Crippen LogP contribution in [0.5, 0.6) is 23.0 Å². The van der Waals surface area contributed by atoms with Crippen molar-refractivity contribution in [2.24, 2.45) is 0 Å². The van der Waals surface area contributed by atoms with Crippen LogP contribution in [0.3, 0.4) is 0 Å². The number of hydrogen-bond acceptors (Lipinski definition) is 7. The average Bonchev–Trinajstić information content (AvgIpc) is 2.77. The molecule has 1 atom stereocenters. The molecular formula is C22H25NO7. The van der Waals surface area contributed by atoms with Gasteiger partial charge in [0.25, 0.3) is 5.91 Å². The van der Waals surface area contributed by atoms with E-state index in [9.17, 15) is 9.59 Å². The van der Waals surface area contributed by atoms with E-state index in [2.05, 4.69) is 5.32 Å². The molecule has 160 valence electrons. The highest BCUT2D eigenvalue weighted by Crippen LogP contribution is 2.31. The quantitative estimate of drug-likeness (QED) is 0.630. The van der Waals surface area contributed by atoms with Gasteiger partial charge >= 0.3 is 5.97 Å². The van der Waals surface area contributed by atoms with Crippen LogP contribution in [0, 0.1) is 0 Å². The van der Waals surface area contributed by atoms with E-state index in [-0.39, 0.29) is 18.2 Å². The summed E-state index contributed by atoms with van der Waals surface area (Å²) in [6, 6.07) is 12.1. The number of benzene rings is 2. The summed E-state index contributed by atoms with van der Waals surface area (Å²) >= 11 is 0. The molecular weight excluding hydrogens is 390 g/mol. The Hall–Kier alpha value is -3.42. The lowest BCUT2D eigenvalue weighted by Gasteiger charge is -2.26. The summed E-state index contributed by atoms with van der Waals surface area (Å²) in [4.78, 5) is 24.3. The maximum absolute atomic E-state index is 12.3. The van der Waals surface area contributed by atoms with Crippen LogP contribution >= 0.6 is 0 Å². The predicted molar refractivity (Wildman–Crippen MR) is 108 cm³/mol. The third kappa shape index (κ3) is 5.56. The van der Waals surface area contributed by atoms with Crippen molar-refractivity contribution in [1.82, 2.24) is 5.32 Å². The smallest absolute Gasteiger partial charge is 0.338 e. The van der Waals surface area contributed by atoms with E-state index >= 15 is 0 Å². The lowest BCUT2D eigenvalue weighted by Crippen LogP contribution is -2.42. The lowest BCUT2D eigenvalue weighted by molar-refractivity contribution is -0.124. The van der Waals surface area contributed by atoms with E-state index in [1.54, 1.807) is 24.3 Å². The number of carbonyl (C=O) groups is 2. The molecule has 0 radical (unpaired) electrons. The Morgan fingerprint density at radius 2 is 1.77 bits per heavy atom. The van der Waals surface area contributed by atoms with E-state index in [1.165, 1.54) is 0 Å². The molecule has 0 aromatic heterocycles. The van der Waals surface area contributed by atoms with Gasteiger partial charge in [-0.05, 0) is 44.2 Å². The average molecular weight is 415 g/mol. The Morgan fingerprint density at radius 1 is 1.03 bits per heavy atom. The van der Waals surface area contributed by atoms with Crippen LogP contribution in [0.15, 0.2) is 42.5 Å². The van der Waals surface area contributed by atoms with Crippen molar-refractivity contribution in [1.29, 1.82) is 0 Å². The molecule has 2 aromatic carbocycles. The molecule has 1 N–H and O–H groups in total. The largest absolute Gasteiger partial charge is 0.490 e. The van der Waals surface area contributed by atoms with Crippen molar-refractivity contribution >= 4 is 11.9 Å². The fraction of sp³-hybridized carbons (Fsp3) is 0.364. The third-order valence-corrected chi connectivity index (χ3v) is 4.21. The monoisotopic (exact) mass is 415 g/mol. The molecule has 2 aromatic rings. The zero-order chi connectivity index (χ0) is 21.3. The first-order chi connectivity index (χ1) is 14.6. The number of amides is 1. The molecule has 1 amide bonds. The van der Waals surface area contributed by atoms with Crippen LogP contribution in [0.4, 0.5) is 0 Å². The zero-order valence-electron chi connectivity index (χ0n) is 17.0. The third-order valence-electron chi connectivity index (χ3n) is 4.21. The minimum atomic E-state index is -0.625. The molecule has 0 spiro atoms. The Labute approximate surface area is 175 Å². The molecule has 1 aliphatic rings. The Bertz CT molecular complexity index is 884. The second kappa shape index (κ2) is 10.4. The van der Waals surface area contributed by atoms with Gasteiger partial charge in [-0.15, -0.1) is 0 Å². The minimum absolute atomic E-state index is 0.238. The number of fused-ring (bicyclic) bond motifs is 1. The molecule has 3 rings (SSSR count). The number of hydrogen-bond donors (Lipinski definition) is 1. The number of nitrogens with one attached hydrogen (secondary N) is 1. The fourth-order valence-corrected chi connectivity index (χ4v) is 2.83. The maximum Gasteiger partial charge on any atom is 0.338 e. The first kappa shape index (κ1) is 21.3. The number of carbonyl (C=O) groups excluding carboxylic acids is 2. The lowest BCUT2D eigenvalue weighted by atomic mass is 10.2. The Morgan fingerprint density at radius 3 is 2.53 bits per heavy atom. The van der Waals surface area contributed by atoms with Gasteiger partial charge in [0.15, 0.2) is 29.6 Å². The number of para-hydroxylation sites is 2. The molecule has 8 nitrogen and oxygen atoms in total. The SMILES string of the molecule is CCOc1ccc(C(=O)OCC(=O)NC[C@H]2COc3ccccc3O2)cc1OCC. The number of rotatable bonds is 9. The van der Waals surface area contributed by atoms with Gasteiger partial charge in [-0.3, -0.25) is 4.79 Å². The van der Waals surface area contributed by atoms with Gasteiger partial charge < -0.3 is 29.0 Å². The maximum atomic E-state index is 12.3. The first-order valence-electron chi connectivity index (χ1n) is 9.82. The Balaban J connectivity index is 1.46. The summed E-state index contributed by atoms with van der Waals surface area (Å²) in [5.41, 5.74) is 0.273. The summed E-state index contributed by atoms with van der Waals surface area (Å²) in [5, 5.41) is 2.68. The standard InChI is InChI=1S/C22H25NO7/c1-3-26-18-10-9-15(11-20(18)27-4-2)22(25)29-14-21(24)23-12-16-13-28-17-7-5-6-8-19(17)30-16/h5-11,16H,3-4,12-14H2,1-2H3,(H,23,24)/t16-/m0/s1. The molecule has 1 aliphatic heterocycles. The summed E-state index contributed by atoms with van der Waals surface area (Å²) in [7, 11) is 0. The van der Waals surface area contributed by atoms with Crippen molar-refractivity contribution < 1.29 is 33.3 Å². The summed E-state index contributed by atoms with van der Waals surface area (Å²) in [5.74, 6) is 1.26. The van der Waals surface area contributed by atoms with Crippen LogP contribution in [0.25, 0.3) is 0 Å². The highest BCUT2D eigenvalue weighted by Gasteiger charge is 2.21. The van der Waals surface area contributed by atoms with Gasteiger partial charge in [0.1, 0.15) is 12.7 Å². The Kier molecular flexibility index (Phi) is 7.37. The normalized spacial score (nSPS) is 14.5. The van der Waals surface area contributed by atoms with Crippen LogP contribution in [-0.4, -0.2) is 51.0 Å². The van der Waals surface area contributed by atoms with E-state index < -0.39 is 18.5 Å². The van der Waals surface area contributed by atoms with Crippen LogP contribution in [0.1, 0.15) is 24.2 Å². The summed E-state index contributed by atoms with van der Waals surface area (Å²) in [6.07, 6.45) is -0.320. The van der Waals surface area contributed by atoms with E-state index in [0.29, 0.717) is 42.8 Å².